The molecule has 0 atom stereocenters. The Morgan fingerprint density at radius 3 is 2.67 bits per heavy atom. The zero-order valence-electron chi connectivity index (χ0n) is 27.8. The number of nitrogen functional groups attached to an aromatic ring is 1. The molecule has 4 aromatic heterocycles. The molecule has 1 amide bonds. The summed E-state index contributed by atoms with van der Waals surface area (Å²) in [7, 11) is 4.11. The molecule has 6 rings (SSSR count). The first-order valence-corrected chi connectivity index (χ1v) is 16.6. The normalized spacial score (nSPS) is 11.3. The zero-order chi connectivity index (χ0) is 34.7. The van der Waals surface area contributed by atoms with E-state index in [1.165, 1.54) is 12.1 Å². The standard InChI is InChI=1S/C37H37FN8O2S/c1-6-31(47)41-18-24-8-10-27(22(2)16-24)34-32(25-9-11-30(29(38)17-25)48-37-40-13-12-23(3)44-37)33-35(49-34)28(20-42-36(33)39)26-19-43-46(21-26)15-7-14-45(4)5/h6,8-13,16-17,19-21H,1,7,14-15,18H2,2-5H3,(H2,39,42)(H,41,47). The monoisotopic (exact) mass is 676 g/mol. The number of benzene rings is 2. The van der Waals surface area contributed by atoms with Gasteiger partial charge in [-0.05, 0) is 87.4 Å². The van der Waals surface area contributed by atoms with Crippen LogP contribution in [0.4, 0.5) is 10.2 Å². The second-order valence-corrected chi connectivity index (χ2v) is 13.0. The van der Waals surface area contributed by atoms with Crippen molar-refractivity contribution in [3.8, 4) is 44.5 Å². The lowest BCUT2D eigenvalue weighted by Crippen LogP contribution is -2.19. The van der Waals surface area contributed by atoms with Crippen molar-refractivity contribution in [1.29, 1.82) is 0 Å². The summed E-state index contributed by atoms with van der Waals surface area (Å²) in [5.74, 6) is -0.468. The van der Waals surface area contributed by atoms with Crippen molar-refractivity contribution >= 4 is 33.1 Å². The number of nitrogens with two attached hydrogens (primary N) is 1. The minimum Gasteiger partial charge on any atom is -0.421 e. The molecule has 49 heavy (non-hydrogen) atoms. The minimum atomic E-state index is -0.570. The molecule has 6 aromatic rings. The van der Waals surface area contributed by atoms with Gasteiger partial charge in [-0.1, -0.05) is 30.8 Å². The molecule has 0 radical (unpaired) electrons. The SMILES string of the molecule is C=CC(=O)NCc1ccc(-c2sc3c(-c4cnn(CCCN(C)C)c4)cnc(N)c3c2-c2ccc(Oc3nccc(C)n3)c(F)c2)c(C)c1. The van der Waals surface area contributed by atoms with Crippen molar-refractivity contribution in [2.75, 3.05) is 26.4 Å². The topological polar surface area (TPSA) is 124 Å². The highest BCUT2D eigenvalue weighted by atomic mass is 32.1. The lowest BCUT2D eigenvalue weighted by atomic mass is 9.95. The van der Waals surface area contributed by atoms with Crippen LogP contribution in [0.2, 0.25) is 0 Å². The van der Waals surface area contributed by atoms with Gasteiger partial charge >= 0.3 is 6.01 Å². The second kappa shape index (κ2) is 14.3. The van der Waals surface area contributed by atoms with Crippen LogP contribution in [0.3, 0.4) is 0 Å². The van der Waals surface area contributed by atoms with Crippen LogP contribution in [0.25, 0.3) is 42.8 Å². The van der Waals surface area contributed by atoms with Crippen molar-refractivity contribution in [3.05, 3.63) is 103 Å². The molecular weight excluding hydrogens is 640 g/mol. The summed E-state index contributed by atoms with van der Waals surface area (Å²) in [5.41, 5.74) is 13.4. The number of carbonyl (C=O) groups excluding carboxylic acids is 1. The van der Waals surface area contributed by atoms with E-state index in [2.05, 4.69) is 50.9 Å². The maximum absolute atomic E-state index is 15.8. The first-order valence-electron chi connectivity index (χ1n) is 15.8. The molecule has 4 heterocycles. The number of carbonyl (C=O) groups is 1. The highest BCUT2D eigenvalue weighted by Crippen LogP contribution is 2.50. The fraction of sp³-hybridized carbons (Fsp3) is 0.216. The summed E-state index contributed by atoms with van der Waals surface area (Å²) < 4.78 is 24.4. The Hall–Kier alpha value is -5.46. The van der Waals surface area contributed by atoms with Crippen molar-refractivity contribution in [2.45, 2.75) is 33.4 Å². The number of anilines is 1. The molecule has 3 N–H and O–H groups in total. The number of hydrogen-bond acceptors (Lipinski definition) is 9. The van der Waals surface area contributed by atoms with Crippen LogP contribution in [0, 0.1) is 19.7 Å². The highest BCUT2D eigenvalue weighted by molar-refractivity contribution is 7.23. The number of rotatable bonds is 12. The molecule has 2 aromatic carbocycles. The summed E-state index contributed by atoms with van der Waals surface area (Å²) in [5, 5.41) is 8.18. The van der Waals surface area contributed by atoms with Gasteiger partial charge in [-0.25, -0.2) is 19.3 Å². The fourth-order valence-electron chi connectivity index (χ4n) is 5.63. The van der Waals surface area contributed by atoms with Gasteiger partial charge in [0, 0.05) is 69.0 Å². The van der Waals surface area contributed by atoms with Crippen LogP contribution < -0.4 is 15.8 Å². The molecule has 0 aliphatic heterocycles. The third-order valence-corrected chi connectivity index (χ3v) is 9.32. The predicted octanol–water partition coefficient (Wildman–Crippen LogP) is 7.17. The molecule has 0 aliphatic carbocycles. The number of aromatic nitrogens is 5. The summed E-state index contributed by atoms with van der Waals surface area (Å²) in [6, 6.07) is 12.7. The van der Waals surface area contributed by atoms with Gasteiger partial charge in [0.25, 0.3) is 0 Å². The lowest BCUT2D eigenvalue weighted by Gasteiger charge is -2.12. The number of fused-ring (bicyclic) bond motifs is 1. The van der Waals surface area contributed by atoms with E-state index in [0.717, 1.165) is 67.9 Å². The number of nitrogens with one attached hydrogen (secondary N) is 1. The van der Waals surface area contributed by atoms with Crippen LogP contribution in [0.5, 0.6) is 11.8 Å². The second-order valence-electron chi connectivity index (χ2n) is 12.0. The molecule has 10 nitrogen and oxygen atoms in total. The van der Waals surface area contributed by atoms with Gasteiger partial charge in [-0.3, -0.25) is 9.48 Å². The van der Waals surface area contributed by atoms with E-state index in [4.69, 9.17) is 10.5 Å². The molecule has 12 heteroatoms. The van der Waals surface area contributed by atoms with Gasteiger partial charge in [0.15, 0.2) is 11.6 Å². The summed E-state index contributed by atoms with van der Waals surface area (Å²) in [4.78, 5) is 27.8. The highest BCUT2D eigenvalue weighted by Gasteiger charge is 2.24. The molecule has 0 bridgehead atoms. The number of halogens is 1. The van der Waals surface area contributed by atoms with E-state index in [1.54, 1.807) is 35.9 Å². The smallest absolute Gasteiger partial charge is 0.322 e. The Bertz CT molecular complexity index is 2170. The summed E-state index contributed by atoms with van der Waals surface area (Å²) >= 11 is 1.57. The van der Waals surface area contributed by atoms with Gasteiger partial charge in [-0.2, -0.15) is 5.10 Å². The van der Waals surface area contributed by atoms with E-state index < -0.39 is 5.82 Å². The Morgan fingerprint density at radius 2 is 1.94 bits per heavy atom. The van der Waals surface area contributed by atoms with E-state index in [-0.39, 0.29) is 17.7 Å². The van der Waals surface area contributed by atoms with Gasteiger partial charge < -0.3 is 20.7 Å². The maximum Gasteiger partial charge on any atom is 0.322 e. The molecule has 0 unspecified atom stereocenters. The van der Waals surface area contributed by atoms with Gasteiger partial charge in [0.2, 0.25) is 5.91 Å². The molecule has 0 saturated carbocycles. The number of hydrogen-bond donors (Lipinski definition) is 2. The average molecular weight is 677 g/mol. The Kier molecular flexibility index (Phi) is 9.79. The van der Waals surface area contributed by atoms with Crippen molar-refractivity contribution in [1.82, 2.24) is 34.9 Å². The largest absolute Gasteiger partial charge is 0.421 e. The van der Waals surface area contributed by atoms with Gasteiger partial charge in [0.05, 0.1) is 6.20 Å². The molecular formula is C37H37FN8O2S. The van der Waals surface area contributed by atoms with Crippen LogP contribution in [0.1, 0.15) is 23.2 Å². The lowest BCUT2D eigenvalue weighted by molar-refractivity contribution is -0.116. The number of aryl methyl sites for hydroxylation is 3. The van der Waals surface area contributed by atoms with Crippen molar-refractivity contribution in [3.63, 3.8) is 0 Å². The van der Waals surface area contributed by atoms with Crippen LogP contribution in [-0.4, -0.2) is 56.2 Å². The fourth-order valence-corrected chi connectivity index (χ4v) is 7.09. The van der Waals surface area contributed by atoms with Crippen LogP contribution in [0.15, 0.2) is 79.9 Å². The molecule has 0 fully saturated rings. The Labute approximate surface area is 288 Å². The summed E-state index contributed by atoms with van der Waals surface area (Å²) in [6.45, 7) is 9.45. The van der Waals surface area contributed by atoms with E-state index in [1.807, 2.05) is 55.2 Å². The third kappa shape index (κ3) is 7.35. The van der Waals surface area contributed by atoms with E-state index in [9.17, 15) is 4.79 Å². The third-order valence-electron chi connectivity index (χ3n) is 8.06. The number of ether oxygens (including phenoxy) is 1. The van der Waals surface area contributed by atoms with Crippen molar-refractivity contribution in [2.24, 2.45) is 0 Å². The molecule has 0 spiro atoms. The minimum absolute atomic E-state index is 0.00556. The van der Waals surface area contributed by atoms with E-state index >= 15 is 4.39 Å². The molecule has 0 aliphatic rings. The quantitative estimate of drug-likeness (QED) is 0.131. The predicted molar refractivity (Wildman–Crippen MR) is 193 cm³/mol. The number of amides is 1. The number of thiophene rings is 1. The first kappa shape index (κ1) is 33.4. The van der Waals surface area contributed by atoms with Gasteiger partial charge in [-0.15, -0.1) is 11.3 Å². The number of pyridine rings is 1. The summed E-state index contributed by atoms with van der Waals surface area (Å²) in [6.07, 6.45) is 9.43. The van der Waals surface area contributed by atoms with Crippen LogP contribution in [-0.2, 0) is 17.9 Å². The Morgan fingerprint density at radius 1 is 1.10 bits per heavy atom. The average Bonchev–Trinajstić information content (AvgIpc) is 3.71. The number of nitrogens with zero attached hydrogens (tertiary/aromatic N) is 6. The van der Waals surface area contributed by atoms with E-state index in [0.29, 0.717) is 23.6 Å². The first-order chi connectivity index (χ1) is 23.6. The van der Waals surface area contributed by atoms with Gasteiger partial charge in [0.1, 0.15) is 5.82 Å². The molecule has 0 saturated heterocycles. The Balaban J connectivity index is 1.48. The molecule has 250 valence electrons. The van der Waals surface area contributed by atoms with Crippen LogP contribution >= 0.6 is 11.3 Å². The zero-order valence-corrected chi connectivity index (χ0v) is 28.6. The maximum atomic E-state index is 15.8. The van der Waals surface area contributed by atoms with Crippen molar-refractivity contribution < 1.29 is 13.9 Å².